The molecule has 148 valence electrons. The van der Waals surface area contributed by atoms with Crippen LogP contribution in [0.1, 0.15) is 17.7 Å². The van der Waals surface area contributed by atoms with Gasteiger partial charge >= 0.3 is 5.97 Å². The van der Waals surface area contributed by atoms with Gasteiger partial charge in [-0.1, -0.05) is 42.5 Å². The van der Waals surface area contributed by atoms with Crippen molar-refractivity contribution < 1.29 is 14.6 Å². The molecule has 1 atom stereocenters. The van der Waals surface area contributed by atoms with Crippen LogP contribution in [0.3, 0.4) is 0 Å². The molecule has 1 aromatic heterocycles. The number of aryl methyl sites for hydroxylation is 1. The lowest BCUT2D eigenvalue weighted by Crippen LogP contribution is -2.22. The normalized spacial score (nSPS) is 16.0. The quantitative estimate of drug-likeness (QED) is 0.671. The first kappa shape index (κ1) is 19.0. The molecule has 0 radical (unpaired) electrons. The van der Waals surface area contributed by atoms with E-state index in [4.69, 9.17) is 4.74 Å². The number of benzene rings is 2. The van der Waals surface area contributed by atoms with Crippen molar-refractivity contribution in [2.24, 2.45) is 5.92 Å². The summed E-state index contributed by atoms with van der Waals surface area (Å²) in [5.74, 6) is -0.377. The molecule has 5 heteroatoms. The van der Waals surface area contributed by atoms with Gasteiger partial charge in [0.1, 0.15) is 6.61 Å². The van der Waals surface area contributed by atoms with E-state index >= 15 is 0 Å². The van der Waals surface area contributed by atoms with Crippen LogP contribution in [0.2, 0.25) is 0 Å². The Labute approximate surface area is 170 Å². The maximum absolute atomic E-state index is 11.2. The Bertz CT molecular complexity index is 987. The van der Waals surface area contributed by atoms with Crippen LogP contribution in [0.5, 0.6) is 5.88 Å². The third kappa shape index (κ3) is 4.40. The number of carboxylic acid groups (broad SMARTS) is 1. The number of aromatic nitrogens is 1. The standard InChI is InChI=1S/C24H24N2O3/c1-17-7-12-22(23(25-17)29-16-18-5-3-2-4-6-18)19-8-10-21(11-9-19)26-14-13-20(15-26)24(27)28/h2-12,20H,13-16H2,1H3,(H,27,28)/t20-/m1/s1. The maximum atomic E-state index is 11.2. The fourth-order valence-corrected chi connectivity index (χ4v) is 3.64. The highest BCUT2D eigenvalue weighted by atomic mass is 16.5. The number of ether oxygens (including phenoxy) is 1. The minimum Gasteiger partial charge on any atom is -0.481 e. The third-order valence-corrected chi connectivity index (χ3v) is 5.30. The van der Waals surface area contributed by atoms with Gasteiger partial charge in [0.2, 0.25) is 5.88 Å². The second kappa shape index (κ2) is 8.35. The molecule has 1 aliphatic rings. The van der Waals surface area contributed by atoms with Gasteiger partial charge in [0.05, 0.1) is 5.92 Å². The van der Waals surface area contributed by atoms with Crippen molar-refractivity contribution in [2.75, 3.05) is 18.0 Å². The van der Waals surface area contributed by atoms with Crippen molar-refractivity contribution in [1.82, 2.24) is 4.98 Å². The van der Waals surface area contributed by atoms with Crippen LogP contribution in [0, 0.1) is 12.8 Å². The smallest absolute Gasteiger partial charge is 0.308 e. The molecule has 0 unspecified atom stereocenters. The van der Waals surface area contributed by atoms with E-state index in [-0.39, 0.29) is 5.92 Å². The lowest BCUT2D eigenvalue weighted by atomic mass is 10.1. The topological polar surface area (TPSA) is 62.7 Å². The fraction of sp³-hybridized carbons (Fsp3) is 0.250. The van der Waals surface area contributed by atoms with Gasteiger partial charge in [0.25, 0.3) is 0 Å². The van der Waals surface area contributed by atoms with Gasteiger partial charge in [-0.15, -0.1) is 0 Å². The molecule has 1 aliphatic heterocycles. The first-order valence-electron chi connectivity index (χ1n) is 9.83. The summed E-state index contributed by atoms with van der Waals surface area (Å²) in [5, 5.41) is 9.21. The van der Waals surface area contributed by atoms with E-state index in [9.17, 15) is 9.90 Å². The molecule has 1 saturated heterocycles. The number of nitrogens with zero attached hydrogens (tertiary/aromatic N) is 2. The van der Waals surface area contributed by atoms with Crippen LogP contribution < -0.4 is 9.64 Å². The minimum absolute atomic E-state index is 0.283. The Morgan fingerprint density at radius 1 is 1.10 bits per heavy atom. The largest absolute Gasteiger partial charge is 0.481 e. The second-order valence-corrected chi connectivity index (χ2v) is 7.40. The van der Waals surface area contributed by atoms with Crippen LogP contribution >= 0.6 is 0 Å². The molecule has 0 bridgehead atoms. The molecule has 1 fully saturated rings. The summed E-state index contributed by atoms with van der Waals surface area (Å²) in [6.45, 7) is 3.75. The number of carboxylic acids is 1. The Kier molecular flexibility index (Phi) is 5.47. The van der Waals surface area contributed by atoms with Crippen molar-refractivity contribution in [3.63, 3.8) is 0 Å². The van der Waals surface area contributed by atoms with E-state index in [0.717, 1.165) is 34.6 Å². The second-order valence-electron chi connectivity index (χ2n) is 7.40. The number of rotatable bonds is 6. The Balaban J connectivity index is 1.53. The van der Waals surface area contributed by atoms with Gasteiger partial charge in [-0.05, 0) is 48.7 Å². The van der Waals surface area contributed by atoms with Crippen molar-refractivity contribution >= 4 is 11.7 Å². The summed E-state index contributed by atoms with van der Waals surface area (Å²) >= 11 is 0. The van der Waals surface area contributed by atoms with Crippen molar-refractivity contribution in [1.29, 1.82) is 0 Å². The van der Waals surface area contributed by atoms with E-state index in [1.807, 2.05) is 73.7 Å². The van der Waals surface area contributed by atoms with Gasteiger partial charge in [-0.3, -0.25) is 4.79 Å². The summed E-state index contributed by atoms with van der Waals surface area (Å²) in [4.78, 5) is 17.9. The van der Waals surface area contributed by atoms with E-state index in [0.29, 0.717) is 25.5 Å². The maximum Gasteiger partial charge on any atom is 0.308 e. The van der Waals surface area contributed by atoms with Crippen LogP contribution in [-0.2, 0) is 11.4 Å². The van der Waals surface area contributed by atoms with Crippen LogP contribution in [0.25, 0.3) is 11.1 Å². The minimum atomic E-state index is -0.713. The van der Waals surface area contributed by atoms with Gasteiger partial charge in [0.15, 0.2) is 0 Å². The fourth-order valence-electron chi connectivity index (χ4n) is 3.64. The summed E-state index contributed by atoms with van der Waals surface area (Å²) in [6, 6.07) is 22.2. The predicted molar refractivity (Wildman–Crippen MR) is 113 cm³/mol. The number of carbonyl (C=O) groups is 1. The number of hydrogen-bond acceptors (Lipinski definition) is 4. The van der Waals surface area contributed by atoms with E-state index in [2.05, 4.69) is 9.88 Å². The molecule has 1 N–H and O–H groups in total. The highest BCUT2D eigenvalue weighted by Crippen LogP contribution is 2.32. The van der Waals surface area contributed by atoms with Crippen LogP contribution in [-0.4, -0.2) is 29.1 Å². The highest BCUT2D eigenvalue weighted by Gasteiger charge is 2.28. The Morgan fingerprint density at radius 3 is 2.55 bits per heavy atom. The van der Waals surface area contributed by atoms with Crippen molar-refractivity contribution in [2.45, 2.75) is 20.0 Å². The molecule has 5 nitrogen and oxygen atoms in total. The lowest BCUT2D eigenvalue weighted by Gasteiger charge is -2.19. The summed E-state index contributed by atoms with van der Waals surface area (Å²) in [6.07, 6.45) is 0.691. The lowest BCUT2D eigenvalue weighted by molar-refractivity contribution is -0.140. The van der Waals surface area contributed by atoms with Gasteiger partial charge in [0, 0.05) is 30.0 Å². The molecule has 2 heterocycles. The highest BCUT2D eigenvalue weighted by molar-refractivity contribution is 5.73. The molecule has 0 amide bonds. The van der Waals surface area contributed by atoms with Crippen LogP contribution in [0.4, 0.5) is 5.69 Å². The van der Waals surface area contributed by atoms with E-state index in [1.165, 1.54) is 0 Å². The SMILES string of the molecule is Cc1ccc(-c2ccc(N3CC[C@@H](C(=O)O)C3)cc2)c(OCc2ccccc2)n1. The third-order valence-electron chi connectivity index (χ3n) is 5.30. The Morgan fingerprint density at radius 2 is 1.86 bits per heavy atom. The molecule has 3 aromatic rings. The molecule has 2 aromatic carbocycles. The predicted octanol–water partition coefficient (Wildman–Crippen LogP) is 4.55. The average Bonchev–Trinajstić information content (AvgIpc) is 3.24. The molecule has 29 heavy (non-hydrogen) atoms. The zero-order valence-corrected chi connectivity index (χ0v) is 16.4. The van der Waals surface area contributed by atoms with Crippen molar-refractivity contribution in [3.8, 4) is 17.0 Å². The average molecular weight is 388 g/mol. The number of hydrogen-bond donors (Lipinski definition) is 1. The molecule has 0 saturated carbocycles. The summed E-state index contributed by atoms with van der Waals surface area (Å²) < 4.78 is 6.04. The van der Waals surface area contributed by atoms with Gasteiger partial charge in [-0.2, -0.15) is 0 Å². The zero-order valence-electron chi connectivity index (χ0n) is 16.4. The number of pyridine rings is 1. The molecule has 0 spiro atoms. The number of anilines is 1. The first-order chi connectivity index (χ1) is 14.1. The van der Waals surface area contributed by atoms with Crippen molar-refractivity contribution in [3.05, 3.63) is 78.0 Å². The molecule has 0 aliphatic carbocycles. The van der Waals surface area contributed by atoms with Crippen LogP contribution in [0.15, 0.2) is 66.7 Å². The monoisotopic (exact) mass is 388 g/mol. The zero-order chi connectivity index (χ0) is 20.2. The first-order valence-corrected chi connectivity index (χ1v) is 9.83. The van der Waals surface area contributed by atoms with Gasteiger partial charge in [-0.25, -0.2) is 4.98 Å². The number of aliphatic carboxylic acids is 1. The van der Waals surface area contributed by atoms with Gasteiger partial charge < -0.3 is 14.7 Å². The summed E-state index contributed by atoms with van der Waals surface area (Å²) in [7, 11) is 0. The Hall–Kier alpha value is -3.34. The molecule has 4 rings (SSSR count). The van der Waals surface area contributed by atoms with E-state index < -0.39 is 5.97 Å². The molecular weight excluding hydrogens is 364 g/mol. The molecular formula is C24H24N2O3. The summed E-state index contributed by atoms with van der Waals surface area (Å²) in [5.41, 5.74) is 5.02. The van der Waals surface area contributed by atoms with E-state index in [1.54, 1.807) is 0 Å².